The summed E-state index contributed by atoms with van der Waals surface area (Å²) in [6.45, 7) is 3.74. The van der Waals surface area contributed by atoms with Crippen LogP contribution < -0.4 is 11.1 Å². The lowest BCUT2D eigenvalue weighted by Gasteiger charge is -2.18. The van der Waals surface area contributed by atoms with E-state index in [9.17, 15) is 4.79 Å². The number of hydrogen-bond donors (Lipinski definition) is 4. The van der Waals surface area contributed by atoms with Crippen molar-refractivity contribution in [3.05, 3.63) is 5.82 Å². The maximum absolute atomic E-state index is 11.8. The zero-order chi connectivity index (χ0) is 12.8. The number of carbonyl (C=O) groups excluding carboxylic acids is 1. The van der Waals surface area contributed by atoms with Crippen LogP contribution in [0.15, 0.2) is 5.16 Å². The molecule has 0 saturated carbocycles. The van der Waals surface area contributed by atoms with Crippen molar-refractivity contribution in [1.29, 1.82) is 0 Å². The first-order valence-electron chi connectivity index (χ1n) is 5.03. The van der Waals surface area contributed by atoms with E-state index in [0.29, 0.717) is 5.82 Å². The maximum atomic E-state index is 11.8. The molecule has 1 heterocycles. The fraction of sp³-hybridized carbons (Fsp3) is 0.625. The molecule has 1 unspecified atom stereocenters. The Labute approximate surface area is 97.5 Å². The molecule has 1 rings (SSSR count). The summed E-state index contributed by atoms with van der Waals surface area (Å²) in [6.07, 6.45) is 0. The summed E-state index contributed by atoms with van der Waals surface area (Å²) in [6, 6.07) is 0. The average Bonchev–Trinajstić information content (AvgIpc) is 2.78. The van der Waals surface area contributed by atoms with Crippen LogP contribution in [0.3, 0.4) is 0 Å². The fourth-order valence-electron chi connectivity index (χ4n) is 1.37. The molecule has 0 saturated heterocycles. The van der Waals surface area contributed by atoms with Crippen molar-refractivity contribution in [3.8, 4) is 0 Å². The molecule has 1 aromatic rings. The third-order valence-electron chi connectivity index (χ3n) is 2.19. The standard InChI is InChI=1S/C8H15N7O2/c1-4(2)6(7(9)13-17)8(16)10-3-5-11-14-15-12-5/h4,6,17H,3H2,1-2H3,(H2,9,13)(H,10,16)(H,11,12,14,15). The summed E-state index contributed by atoms with van der Waals surface area (Å²) in [5.41, 5.74) is 5.46. The monoisotopic (exact) mass is 241 g/mol. The van der Waals surface area contributed by atoms with Gasteiger partial charge in [-0.15, -0.1) is 10.2 Å². The number of aromatic amines is 1. The Bertz CT molecular complexity index is 387. The van der Waals surface area contributed by atoms with Gasteiger partial charge in [-0.2, -0.15) is 5.21 Å². The van der Waals surface area contributed by atoms with Gasteiger partial charge in [-0.3, -0.25) is 4.79 Å². The van der Waals surface area contributed by atoms with Gasteiger partial charge in [0.05, 0.1) is 6.54 Å². The minimum Gasteiger partial charge on any atom is -0.409 e. The van der Waals surface area contributed by atoms with Gasteiger partial charge in [0.25, 0.3) is 0 Å². The number of H-pyrrole nitrogens is 1. The van der Waals surface area contributed by atoms with Crippen molar-refractivity contribution in [2.45, 2.75) is 20.4 Å². The van der Waals surface area contributed by atoms with Crippen LogP contribution in [0.1, 0.15) is 19.7 Å². The zero-order valence-electron chi connectivity index (χ0n) is 9.58. The molecule has 94 valence electrons. The number of nitrogens with zero attached hydrogens (tertiary/aromatic N) is 4. The van der Waals surface area contributed by atoms with Crippen molar-refractivity contribution < 1.29 is 10.0 Å². The van der Waals surface area contributed by atoms with Gasteiger partial charge in [-0.25, -0.2) is 0 Å². The molecule has 0 aliphatic carbocycles. The normalized spacial score (nSPS) is 13.7. The van der Waals surface area contributed by atoms with Gasteiger partial charge in [0.1, 0.15) is 5.92 Å². The van der Waals surface area contributed by atoms with E-state index in [2.05, 4.69) is 31.1 Å². The Kier molecular flexibility index (Phi) is 4.37. The van der Waals surface area contributed by atoms with E-state index in [4.69, 9.17) is 10.9 Å². The molecule has 0 radical (unpaired) electrons. The van der Waals surface area contributed by atoms with Crippen LogP contribution in [0.5, 0.6) is 0 Å². The molecule has 1 amide bonds. The maximum Gasteiger partial charge on any atom is 0.231 e. The Morgan fingerprint density at radius 3 is 2.82 bits per heavy atom. The van der Waals surface area contributed by atoms with Crippen LogP contribution in [-0.4, -0.2) is 37.6 Å². The summed E-state index contributed by atoms with van der Waals surface area (Å²) in [4.78, 5) is 11.8. The summed E-state index contributed by atoms with van der Waals surface area (Å²) >= 11 is 0. The van der Waals surface area contributed by atoms with Crippen LogP contribution in [0.2, 0.25) is 0 Å². The van der Waals surface area contributed by atoms with Crippen LogP contribution in [0.4, 0.5) is 0 Å². The highest BCUT2D eigenvalue weighted by Crippen LogP contribution is 2.11. The predicted molar refractivity (Wildman–Crippen MR) is 57.8 cm³/mol. The molecule has 0 bridgehead atoms. The number of nitrogens with one attached hydrogen (secondary N) is 2. The van der Waals surface area contributed by atoms with Crippen molar-refractivity contribution in [1.82, 2.24) is 25.9 Å². The quantitative estimate of drug-likeness (QED) is 0.221. The summed E-state index contributed by atoms with van der Waals surface area (Å²) in [7, 11) is 0. The third kappa shape index (κ3) is 3.40. The summed E-state index contributed by atoms with van der Waals surface area (Å²) in [5.74, 6) is -0.880. The predicted octanol–water partition coefficient (Wildman–Crippen LogP) is -1.17. The minimum absolute atomic E-state index is 0.0869. The highest BCUT2D eigenvalue weighted by Gasteiger charge is 2.26. The lowest BCUT2D eigenvalue weighted by Crippen LogP contribution is -2.41. The molecule has 0 aliphatic rings. The van der Waals surface area contributed by atoms with E-state index in [1.807, 2.05) is 0 Å². The molecule has 9 nitrogen and oxygen atoms in total. The van der Waals surface area contributed by atoms with Gasteiger partial charge in [0.15, 0.2) is 11.7 Å². The Balaban J connectivity index is 2.60. The Hall–Kier alpha value is -2.19. The Morgan fingerprint density at radius 2 is 2.35 bits per heavy atom. The molecule has 1 aromatic heterocycles. The largest absolute Gasteiger partial charge is 0.409 e. The molecular weight excluding hydrogens is 226 g/mol. The van der Waals surface area contributed by atoms with E-state index in [1.54, 1.807) is 13.8 Å². The number of nitrogens with two attached hydrogens (primary N) is 1. The zero-order valence-corrected chi connectivity index (χ0v) is 9.58. The summed E-state index contributed by atoms with van der Waals surface area (Å²) < 4.78 is 0. The first kappa shape index (κ1) is 12.9. The highest BCUT2D eigenvalue weighted by atomic mass is 16.4. The van der Waals surface area contributed by atoms with Gasteiger partial charge in [-0.05, 0) is 5.92 Å². The van der Waals surface area contributed by atoms with E-state index in [0.717, 1.165) is 0 Å². The number of carbonyl (C=O) groups is 1. The second-order valence-corrected chi connectivity index (χ2v) is 3.79. The molecular formula is C8H15N7O2. The second-order valence-electron chi connectivity index (χ2n) is 3.79. The molecule has 0 spiro atoms. The smallest absolute Gasteiger partial charge is 0.231 e. The first-order valence-corrected chi connectivity index (χ1v) is 5.03. The average molecular weight is 241 g/mol. The Morgan fingerprint density at radius 1 is 1.65 bits per heavy atom. The summed E-state index contributed by atoms with van der Waals surface area (Å²) in [5, 5.41) is 27.0. The topological polar surface area (TPSA) is 142 Å². The molecule has 17 heavy (non-hydrogen) atoms. The molecule has 0 fully saturated rings. The van der Waals surface area contributed by atoms with Crippen LogP contribution >= 0.6 is 0 Å². The number of hydrogen-bond acceptors (Lipinski definition) is 6. The minimum atomic E-state index is -0.688. The van der Waals surface area contributed by atoms with E-state index in [-0.39, 0.29) is 24.2 Å². The van der Waals surface area contributed by atoms with E-state index >= 15 is 0 Å². The third-order valence-corrected chi connectivity index (χ3v) is 2.19. The number of aromatic nitrogens is 4. The molecule has 9 heteroatoms. The highest BCUT2D eigenvalue weighted by molar-refractivity contribution is 6.02. The van der Waals surface area contributed by atoms with Gasteiger partial charge in [0, 0.05) is 0 Å². The van der Waals surface area contributed by atoms with Crippen LogP contribution in [0, 0.1) is 11.8 Å². The number of tetrazole rings is 1. The van der Waals surface area contributed by atoms with Gasteiger partial charge < -0.3 is 16.3 Å². The molecule has 0 aromatic carbocycles. The molecule has 0 aliphatic heterocycles. The van der Waals surface area contributed by atoms with E-state index < -0.39 is 5.92 Å². The van der Waals surface area contributed by atoms with Crippen LogP contribution in [-0.2, 0) is 11.3 Å². The van der Waals surface area contributed by atoms with Crippen molar-refractivity contribution in [2.75, 3.05) is 0 Å². The SMILES string of the molecule is CC(C)C(C(=O)NCc1nn[nH]n1)C(N)=NO. The second kappa shape index (κ2) is 5.77. The molecule has 1 atom stereocenters. The van der Waals surface area contributed by atoms with Crippen molar-refractivity contribution in [2.24, 2.45) is 22.7 Å². The van der Waals surface area contributed by atoms with Crippen LogP contribution in [0.25, 0.3) is 0 Å². The van der Waals surface area contributed by atoms with Gasteiger partial charge >= 0.3 is 0 Å². The lowest BCUT2D eigenvalue weighted by molar-refractivity contribution is -0.124. The number of amides is 1. The molecule has 5 N–H and O–H groups in total. The van der Waals surface area contributed by atoms with Crippen molar-refractivity contribution in [3.63, 3.8) is 0 Å². The van der Waals surface area contributed by atoms with Gasteiger partial charge in [0.2, 0.25) is 5.91 Å². The van der Waals surface area contributed by atoms with E-state index in [1.165, 1.54) is 0 Å². The number of rotatable bonds is 5. The van der Waals surface area contributed by atoms with Gasteiger partial charge in [-0.1, -0.05) is 24.2 Å². The number of oxime groups is 1. The van der Waals surface area contributed by atoms with Crippen molar-refractivity contribution >= 4 is 11.7 Å². The number of amidine groups is 1. The fourth-order valence-corrected chi connectivity index (χ4v) is 1.37. The first-order chi connectivity index (χ1) is 8.06. The lowest BCUT2D eigenvalue weighted by atomic mass is 9.94.